The van der Waals surface area contributed by atoms with Crippen LogP contribution in [0.2, 0.25) is 0 Å². The molecule has 2 heteroatoms. The van der Waals surface area contributed by atoms with Gasteiger partial charge >= 0.3 is 0 Å². The molecule has 1 nitrogen and oxygen atoms in total. The lowest BCUT2D eigenvalue weighted by atomic mass is 10.0. The van der Waals surface area contributed by atoms with Gasteiger partial charge in [-0.3, -0.25) is 0 Å². The Hall–Kier alpha value is -0.870. The molecule has 0 heterocycles. The van der Waals surface area contributed by atoms with E-state index in [1.807, 2.05) is 23.0 Å². The molecule has 0 saturated carbocycles. The van der Waals surface area contributed by atoms with Gasteiger partial charge in [-0.1, -0.05) is 48.0 Å². The molecule has 16 heavy (non-hydrogen) atoms. The zero-order valence-corrected chi connectivity index (χ0v) is 11.1. The highest BCUT2D eigenvalue weighted by molar-refractivity contribution is 14.1. The SMILES string of the molecule is Cc1ccc2c(c1)C(OI)c1ccccc1-2. The van der Waals surface area contributed by atoms with Crippen LogP contribution in [-0.2, 0) is 3.07 Å². The second-order valence-electron chi connectivity index (χ2n) is 4.15. The summed E-state index contributed by atoms with van der Waals surface area (Å²) in [7, 11) is 0. The Balaban J connectivity index is 2.29. The van der Waals surface area contributed by atoms with Crippen LogP contribution in [0, 0.1) is 6.92 Å². The molecule has 0 aromatic heterocycles. The Morgan fingerprint density at radius 1 is 1.00 bits per heavy atom. The average Bonchev–Trinajstić information content (AvgIpc) is 2.61. The van der Waals surface area contributed by atoms with E-state index in [0.717, 1.165) is 0 Å². The number of halogens is 1. The van der Waals surface area contributed by atoms with Crippen LogP contribution in [-0.4, -0.2) is 0 Å². The van der Waals surface area contributed by atoms with E-state index in [4.69, 9.17) is 3.07 Å². The average molecular weight is 322 g/mol. The molecule has 1 unspecified atom stereocenters. The number of hydrogen-bond acceptors (Lipinski definition) is 1. The summed E-state index contributed by atoms with van der Waals surface area (Å²) in [6.07, 6.45) is 0.0895. The van der Waals surface area contributed by atoms with Gasteiger partial charge in [-0.05, 0) is 29.2 Å². The van der Waals surface area contributed by atoms with Gasteiger partial charge in [0.2, 0.25) is 0 Å². The number of rotatable bonds is 1. The third-order valence-corrected chi connectivity index (χ3v) is 3.62. The van der Waals surface area contributed by atoms with Gasteiger partial charge in [0.15, 0.2) is 0 Å². The fraction of sp³-hybridized carbons (Fsp3) is 0.143. The van der Waals surface area contributed by atoms with Gasteiger partial charge in [0.25, 0.3) is 0 Å². The Bertz CT molecular complexity index is 548. The van der Waals surface area contributed by atoms with Gasteiger partial charge in [0, 0.05) is 0 Å². The molecule has 0 bridgehead atoms. The minimum atomic E-state index is 0.0895. The first kappa shape index (κ1) is 10.3. The summed E-state index contributed by atoms with van der Waals surface area (Å²) in [6.45, 7) is 2.12. The standard InChI is InChI=1S/C14H11IO/c1-9-6-7-11-10-4-2-3-5-12(10)14(16-15)13(11)8-9/h2-8,14H,1H3. The molecule has 3 rings (SSSR count). The number of aryl methyl sites for hydroxylation is 1. The Morgan fingerprint density at radius 2 is 1.75 bits per heavy atom. The van der Waals surface area contributed by atoms with Crippen molar-refractivity contribution in [2.24, 2.45) is 0 Å². The van der Waals surface area contributed by atoms with Crippen LogP contribution in [0.5, 0.6) is 0 Å². The van der Waals surface area contributed by atoms with E-state index in [1.54, 1.807) is 0 Å². The molecule has 1 aliphatic carbocycles. The van der Waals surface area contributed by atoms with Crippen molar-refractivity contribution in [2.75, 3.05) is 0 Å². The highest BCUT2D eigenvalue weighted by atomic mass is 127. The lowest BCUT2D eigenvalue weighted by molar-refractivity contribution is 0.350. The van der Waals surface area contributed by atoms with Crippen molar-refractivity contribution in [3.8, 4) is 11.1 Å². The predicted molar refractivity (Wildman–Crippen MR) is 73.6 cm³/mol. The van der Waals surface area contributed by atoms with Crippen molar-refractivity contribution in [3.05, 3.63) is 59.2 Å². The normalized spacial score (nSPS) is 17.0. The summed E-state index contributed by atoms with van der Waals surface area (Å²) in [5, 5.41) is 0. The van der Waals surface area contributed by atoms with Crippen LogP contribution in [0.1, 0.15) is 22.8 Å². The summed E-state index contributed by atoms with van der Waals surface area (Å²) in [5.41, 5.74) is 6.46. The van der Waals surface area contributed by atoms with Crippen LogP contribution < -0.4 is 0 Å². The summed E-state index contributed by atoms with van der Waals surface area (Å²) >= 11 is 1.99. The highest BCUT2D eigenvalue weighted by Crippen LogP contribution is 2.46. The maximum atomic E-state index is 5.59. The second-order valence-corrected chi connectivity index (χ2v) is 4.66. The van der Waals surface area contributed by atoms with Crippen LogP contribution in [0.25, 0.3) is 11.1 Å². The third kappa shape index (κ3) is 1.40. The van der Waals surface area contributed by atoms with Gasteiger partial charge in [-0.15, -0.1) is 0 Å². The summed E-state index contributed by atoms with van der Waals surface area (Å²) < 4.78 is 5.59. The van der Waals surface area contributed by atoms with Gasteiger partial charge in [0.05, 0.1) is 0 Å². The number of hydrogen-bond donors (Lipinski definition) is 0. The van der Waals surface area contributed by atoms with Gasteiger partial charge in [-0.2, -0.15) is 0 Å². The maximum Gasteiger partial charge on any atom is 0.121 e. The van der Waals surface area contributed by atoms with Crippen molar-refractivity contribution in [1.82, 2.24) is 0 Å². The van der Waals surface area contributed by atoms with E-state index in [2.05, 4.69) is 49.4 Å². The monoisotopic (exact) mass is 322 g/mol. The summed E-state index contributed by atoms with van der Waals surface area (Å²) in [6, 6.07) is 15.0. The largest absolute Gasteiger partial charge is 0.303 e. The van der Waals surface area contributed by atoms with Crippen LogP contribution >= 0.6 is 23.0 Å². The van der Waals surface area contributed by atoms with Crippen LogP contribution in [0.4, 0.5) is 0 Å². The first-order valence-electron chi connectivity index (χ1n) is 5.28. The molecule has 0 saturated heterocycles. The van der Waals surface area contributed by atoms with Gasteiger partial charge in [-0.25, -0.2) is 0 Å². The smallest absolute Gasteiger partial charge is 0.121 e. The van der Waals surface area contributed by atoms with E-state index in [-0.39, 0.29) is 6.10 Å². The van der Waals surface area contributed by atoms with E-state index in [0.29, 0.717) is 0 Å². The minimum Gasteiger partial charge on any atom is -0.303 e. The fourth-order valence-electron chi connectivity index (χ4n) is 2.38. The minimum absolute atomic E-state index is 0.0895. The maximum absolute atomic E-state index is 5.59. The molecule has 0 aliphatic heterocycles. The van der Waals surface area contributed by atoms with Crippen molar-refractivity contribution >= 4 is 23.0 Å². The fourth-order valence-corrected chi connectivity index (χ4v) is 2.93. The molecule has 0 amide bonds. The Morgan fingerprint density at radius 3 is 2.56 bits per heavy atom. The van der Waals surface area contributed by atoms with Crippen molar-refractivity contribution < 1.29 is 3.07 Å². The quantitative estimate of drug-likeness (QED) is 0.706. The van der Waals surface area contributed by atoms with Gasteiger partial charge in [0.1, 0.15) is 29.1 Å². The topological polar surface area (TPSA) is 9.23 Å². The third-order valence-electron chi connectivity index (χ3n) is 3.11. The number of benzene rings is 2. The molecule has 1 aliphatic rings. The predicted octanol–water partition coefficient (Wildman–Crippen LogP) is 4.43. The van der Waals surface area contributed by atoms with Crippen molar-refractivity contribution in [2.45, 2.75) is 13.0 Å². The molecule has 0 N–H and O–H groups in total. The molecule has 2 aromatic carbocycles. The lowest BCUT2D eigenvalue weighted by Crippen LogP contribution is -1.95. The summed E-state index contributed by atoms with van der Waals surface area (Å²) in [4.78, 5) is 0. The lowest BCUT2D eigenvalue weighted by Gasteiger charge is -2.09. The second kappa shape index (κ2) is 3.86. The molecule has 1 atom stereocenters. The molecule has 2 aromatic rings. The molecule has 0 radical (unpaired) electrons. The van der Waals surface area contributed by atoms with Crippen LogP contribution in [0.15, 0.2) is 42.5 Å². The van der Waals surface area contributed by atoms with Crippen LogP contribution in [0.3, 0.4) is 0 Å². The first-order chi connectivity index (χ1) is 7.81. The molecular formula is C14H11IO. The molecular weight excluding hydrogens is 311 g/mol. The highest BCUT2D eigenvalue weighted by Gasteiger charge is 2.28. The Labute approximate surface area is 109 Å². The number of fused-ring (bicyclic) bond motifs is 3. The van der Waals surface area contributed by atoms with E-state index >= 15 is 0 Å². The van der Waals surface area contributed by atoms with E-state index in [1.165, 1.54) is 27.8 Å². The Kier molecular flexibility index (Phi) is 2.48. The zero-order valence-electron chi connectivity index (χ0n) is 8.91. The molecule has 0 fully saturated rings. The summed E-state index contributed by atoms with van der Waals surface area (Å²) in [5.74, 6) is 0. The molecule has 0 spiro atoms. The first-order valence-corrected chi connectivity index (χ1v) is 6.16. The zero-order chi connectivity index (χ0) is 11.1. The van der Waals surface area contributed by atoms with E-state index < -0.39 is 0 Å². The van der Waals surface area contributed by atoms with Gasteiger partial charge < -0.3 is 3.07 Å². The van der Waals surface area contributed by atoms with E-state index in [9.17, 15) is 0 Å². The molecule has 80 valence electrons. The van der Waals surface area contributed by atoms with Crippen molar-refractivity contribution in [3.63, 3.8) is 0 Å². The van der Waals surface area contributed by atoms with Crippen molar-refractivity contribution in [1.29, 1.82) is 0 Å².